The molecule has 0 aliphatic carbocycles. The quantitative estimate of drug-likeness (QED) is 0.745. The summed E-state index contributed by atoms with van der Waals surface area (Å²) in [5, 5.41) is 0. The van der Waals surface area contributed by atoms with Crippen LogP contribution in [0, 0.1) is 6.92 Å². The third kappa shape index (κ3) is 2.94. The van der Waals surface area contributed by atoms with Crippen LogP contribution in [0.5, 0.6) is 0 Å². The van der Waals surface area contributed by atoms with Crippen molar-refractivity contribution >= 4 is 15.8 Å². The highest BCUT2D eigenvalue weighted by Gasteiger charge is 2.26. The zero-order valence-corrected chi connectivity index (χ0v) is 13.2. The Labute approximate surface area is 125 Å². The Balaban J connectivity index is 1.96. The highest BCUT2D eigenvalue weighted by Crippen LogP contribution is 2.26. The van der Waals surface area contributed by atoms with E-state index >= 15 is 0 Å². The Hall–Kier alpha value is -1.47. The van der Waals surface area contributed by atoms with Crippen molar-refractivity contribution in [2.75, 3.05) is 37.3 Å². The first-order valence-electron chi connectivity index (χ1n) is 7.16. The number of rotatable bonds is 2. The molecule has 0 fully saturated rings. The van der Waals surface area contributed by atoms with Gasteiger partial charge in [-0.3, -0.25) is 0 Å². The minimum absolute atomic E-state index is 0.500. The molecule has 3 heterocycles. The molecule has 0 N–H and O–H groups in total. The zero-order valence-electron chi connectivity index (χ0n) is 12.4. The molecule has 0 aromatic carbocycles. The number of aromatic nitrogens is 2. The number of hydrogen-bond acceptors (Lipinski definition) is 5. The van der Waals surface area contributed by atoms with E-state index in [9.17, 15) is 8.42 Å². The van der Waals surface area contributed by atoms with E-state index in [4.69, 9.17) is 0 Å². The fourth-order valence-corrected chi connectivity index (χ4v) is 3.77. The van der Waals surface area contributed by atoms with E-state index in [-0.39, 0.29) is 0 Å². The molecule has 1 aromatic rings. The van der Waals surface area contributed by atoms with Crippen molar-refractivity contribution in [2.45, 2.75) is 19.8 Å². The summed E-state index contributed by atoms with van der Waals surface area (Å²) in [6.45, 7) is 4.62. The van der Waals surface area contributed by atoms with E-state index in [1.807, 2.05) is 6.92 Å². The zero-order chi connectivity index (χ0) is 15.0. The molecule has 0 saturated heterocycles. The first-order chi connectivity index (χ1) is 9.95. The molecule has 0 bridgehead atoms. The van der Waals surface area contributed by atoms with Gasteiger partial charge in [0.05, 0.1) is 11.9 Å². The molecule has 0 saturated carbocycles. The second-order valence-corrected chi connectivity index (χ2v) is 7.54. The van der Waals surface area contributed by atoms with E-state index in [1.54, 1.807) is 0 Å². The minimum Gasteiger partial charge on any atom is -0.349 e. The van der Waals surface area contributed by atoms with Crippen LogP contribution < -0.4 is 4.90 Å². The maximum absolute atomic E-state index is 11.8. The number of hydrogen-bond donors (Lipinski definition) is 0. The third-order valence-electron chi connectivity index (χ3n) is 3.98. The smallest absolute Gasteiger partial charge is 0.211 e. The normalized spacial score (nSPS) is 19.6. The van der Waals surface area contributed by atoms with Gasteiger partial charge in [-0.15, -0.1) is 0 Å². The molecule has 21 heavy (non-hydrogen) atoms. The van der Waals surface area contributed by atoms with Crippen LogP contribution in [0.15, 0.2) is 12.2 Å². The summed E-state index contributed by atoms with van der Waals surface area (Å²) in [4.78, 5) is 11.4. The summed E-state index contributed by atoms with van der Waals surface area (Å²) >= 11 is 0. The van der Waals surface area contributed by atoms with E-state index in [0.717, 1.165) is 36.0 Å². The monoisotopic (exact) mass is 308 g/mol. The predicted molar refractivity (Wildman–Crippen MR) is 81.9 cm³/mol. The van der Waals surface area contributed by atoms with Gasteiger partial charge >= 0.3 is 0 Å². The Kier molecular flexibility index (Phi) is 3.71. The summed E-state index contributed by atoms with van der Waals surface area (Å²) in [5.41, 5.74) is 2.10. The van der Waals surface area contributed by atoms with Gasteiger partial charge in [0.25, 0.3) is 0 Å². The Bertz CT molecular complexity index is 676. The number of anilines is 1. The summed E-state index contributed by atoms with van der Waals surface area (Å²) < 4.78 is 25.1. The molecule has 0 atom stereocenters. The van der Waals surface area contributed by atoms with Gasteiger partial charge in [-0.05, 0) is 13.3 Å². The molecule has 1 aromatic heterocycles. The van der Waals surface area contributed by atoms with Crippen molar-refractivity contribution < 1.29 is 8.42 Å². The van der Waals surface area contributed by atoms with Gasteiger partial charge < -0.3 is 4.90 Å². The molecule has 2 aliphatic heterocycles. The van der Waals surface area contributed by atoms with Crippen LogP contribution in [0.3, 0.4) is 0 Å². The van der Waals surface area contributed by atoms with Gasteiger partial charge in [0.15, 0.2) is 0 Å². The highest BCUT2D eigenvalue weighted by molar-refractivity contribution is 7.88. The largest absolute Gasteiger partial charge is 0.349 e. The Morgan fingerprint density at radius 2 is 1.76 bits per heavy atom. The second kappa shape index (κ2) is 5.38. The molecule has 0 unspecified atom stereocenters. The van der Waals surface area contributed by atoms with Crippen molar-refractivity contribution in [1.29, 1.82) is 0 Å². The molecular weight excluding hydrogens is 288 g/mol. The van der Waals surface area contributed by atoms with Crippen LogP contribution in [-0.4, -0.2) is 55.1 Å². The van der Waals surface area contributed by atoms with Gasteiger partial charge in [-0.2, -0.15) is 0 Å². The average molecular weight is 308 g/mol. The van der Waals surface area contributed by atoms with Crippen LogP contribution in [0.1, 0.15) is 17.1 Å². The van der Waals surface area contributed by atoms with Crippen LogP contribution in [0.25, 0.3) is 0 Å². The molecule has 0 amide bonds. The van der Waals surface area contributed by atoms with Crippen LogP contribution >= 0.6 is 0 Å². The predicted octanol–water partition coefficient (Wildman–Crippen LogP) is 0.521. The molecule has 114 valence electrons. The van der Waals surface area contributed by atoms with Crippen LogP contribution in [0.4, 0.5) is 5.82 Å². The lowest BCUT2D eigenvalue weighted by Gasteiger charge is -2.21. The van der Waals surface area contributed by atoms with E-state index in [1.165, 1.54) is 10.6 Å². The van der Waals surface area contributed by atoms with E-state index < -0.39 is 10.0 Å². The SMILES string of the molecule is Cc1nc2c(c(N3CC=CC3)n1)CCN(S(C)(=O)=O)CC2. The summed E-state index contributed by atoms with van der Waals surface area (Å²) in [6, 6.07) is 0. The average Bonchev–Trinajstić information content (AvgIpc) is 2.83. The number of sulfonamides is 1. The molecule has 0 spiro atoms. The van der Waals surface area contributed by atoms with Crippen molar-refractivity contribution in [3.05, 3.63) is 29.2 Å². The van der Waals surface area contributed by atoms with Crippen LogP contribution in [-0.2, 0) is 22.9 Å². The molecule has 3 rings (SSSR count). The van der Waals surface area contributed by atoms with Crippen molar-refractivity contribution in [3.63, 3.8) is 0 Å². The molecule has 6 nitrogen and oxygen atoms in total. The molecular formula is C14H20N4O2S. The summed E-state index contributed by atoms with van der Waals surface area (Å²) in [6.07, 6.45) is 6.85. The van der Waals surface area contributed by atoms with Gasteiger partial charge in [-0.1, -0.05) is 12.2 Å². The van der Waals surface area contributed by atoms with Gasteiger partial charge in [0.2, 0.25) is 10.0 Å². The Morgan fingerprint density at radius 1 is 1.10 bits per heavy atom. The summed E-state index contributed by atoms with van der Waals surface area (Å²) in [7, 11) is -3.15. The maximum atomic E-state index is 11.8. The molecule has 0 radical (unpaired) electrons. The van der Waals surface area contributed by atoms with Gasteiger partial charge in [-0.25, -0.2) is 22.7 Å². The molecule has 7 heteroatoms. The third-order valence-corrected chi connectivity index (χ3v) is 5.28. The first kappa shape index (κ1) is 14.5. The fourth-order valence-electron chi connectivity index (χ4n) is 2.92. The molecule has 2 aliphatic rings. The van der Waals surface area contributed by atoms with Gasteiger partial charge in [0.1, 0.15) is 11.6 Å². The standard InChI is InChI=1S/C14H20N4O2S/c1-11-15-13-6-10-18(21(2,19)20)9-5-12(13)14(16-11)17-7-3-4-8-17/h3-4H,5-10H2,1-2H3. The lowest BCUT2D eigenvalue weighted by Crippen LogP contribution is -2.32. The van der Waals surface area contributed by atoms with Gasteiger partial charge in [0, 0.05) is 38.2 Å². The highest BCUT2D eigenvalue weighted by atomic mass is 32.2. The number of fused-ring (bicyclic) bond motifs is 1. The van der Waals surface area contributed by atoms with Crippen molar-refractivity contribution in [2.24, 2.45) is 0 Å². The minimum atomic E-state index is -3.15. The van der Waals surface area contributed by atoms with E-state index in [2.05, 4.69) is 27.0 Å². The lowest BCUT2D eigenvalue weighted by atomic mass is 10.1. The summed E-state index contributed by atoms with van der Waals surface area (Å²) in [5.74, 6) is 1.72. The first-order valence-corrected chi connectivity index (χ1v) is 9.01. The number of aryl methyl sites for hydroxylation is 1. The number of nitrogens with zero attached hydrogens (tertiary/aromatic N) is 4. The van der Waals surface area contributed by atoms with Crippen LogP contribution in [0.2, 0.25) is 0 Å². The fraction of sp³-hybridized carbons (Fsp3) is 0.571. The second-order valence-electron chi connectivity index (χ2n) is 5.56. The topological polar surface area (TPSA) is 66.4 Å². The van der Waals surface area contributed by atoms with E-state index in [0.29, 0.717) is 25.9 Å². The Morgan fingerprint density at radius 3 is 2.43 bits per heavy atom. The van der Waals surface area contributed by atoms with Crippen molar-refractivity contribution in [3.8, 4) is 0 Å². The lowest BCUT2D eigenvalue weighted by molar-refractivity contribution is 0.430. The maximum Gasteiger partial charge on any atom is 0.211 e. The van der Waals surface area contributed by atoms with Crippen molar-refractivity contribution in [1.82, 2.24) is 14.3 Å².